The van der Waals surface area contributed by atoms with Crippen LogP contribution in [0, 0.1) is 11.8 Å². The van der Waals surface area contributed by atoms with Crippen LogP contribution in [0.25, 0.3) is 0 Å². The lowest BCUT2D eigenvalue weighted by atomic mass is 9.72. The van der Waals surface area contributed by atoms with Crippen LogP contribution < -0.4 is 5.32 Å². The predicted molar refractivity (Wildman–Crippen MR) is 54.6 cm³/mol. The fraction of sp³-hybridized carbons (Fsp3) is 1.00. The van der Waals surface area contributed by atoms with Crippen molar-refractivity contribution in [2.45, 2.75) is 51.5 Å². The fourth-order valence-corrected chi connectivity index (χ4v) is 2.46. The molecule has 3 heteroatoms. The maximum absolute atomic E-state index is 13.0. The minimum atomic E-state index is -2.24. The van der Waals surface area contributed by atoms with Crippen molar-refractivity contribution in [1.29, 1.82) is 0 Å². The van der Waals surface area contributed by atoms with Crippen molar-refractivity contribution >= 4 is 0 Å². The average molecular weight is 205 g/mol. The summed E-state index contributed by atoms with van der Waals surface area (Å²) >= 11 is 0. The van der Waals surface area contributed by atoms with Crippen molar-refractivity contribution in [1.82, 2.24) is 5.32 Å². The summed E-state index contributed by atoms with van der Waals surface area (Å²) in [7, 11) is 1.66. The van der Waals surface area contributed by atoms with Crippen LogP contribution in [0.15, 0.2) is 0 Å². The summed E-state index contributed by atoms with van der Waals surface area (Å²) < 4.78 is 25.9. The van der Waals surface area contributed by atoms with Gasteiger partial charge in [-0.1, -0.05) is 26.7 Å². The summed E-state index contributed by atoms with van der Waals surface area (Å²) in [6.07, 6.45) is 1.03. The standard InChI is InChI=1S/C11H21F2N/c1-8(2)9-5-4-6-11(7-9,14-3)10(12)13/h8-10,14H,4-7H2,1-3H3. The van der Waals surface area contributed by atoms with Crippen LogP contribution in [0.2, 0.25) is 0 Å². The van der Waals surface area contributed by atoms with Crippen LogP contribution in [-0.4, -0.2) is 19.0 Å². The molecule has 0 spiro atoms. The second kappa shape index (κ2) is 4.56. The number of rotatable bonds is 3. The lowest BCUT2D eigenvalue weighted by molar-refractivity contribution is -0.00875. The van der Waals surface area contributed by atoms with Crippen LogP contribution in [0.1, 0.15) is 39.5 Å². The predicted octanol–water partition coefficient (Wildman–Crippen LogP) is 3.06. The first kappa shape index (κ1) is 11.9. The molecule has 1 aliphatic carbocycles. The van der Waals surface area contributed by atoms with Gasteiger partial charge in [-0.3, -0.25) is 0 Å². The molecule has 0 radical (unpaired) electrons. The maximum Gasteiger partial charge on any atom is 0.256 e. The van der Waals surface area contributed by atoms with Crippen molar-refractivity contribution in [3.05, 3.63) is 0 Å². The van der Waals surface area contributed by atoms with Gasteiger partial charge in [0.1, 0.15) is 0 Å². The number of nitrogens with one attached hydrogen (secondary N) is 1. The quantitative estimate of drug-likeness (QED) is 0.746. The Morgan fingerprint density at radius 2 is 2.00 bits per heavy atom. The number of hydrogen-bond acceptors (Lipinski definition) is 1. The lowest BCUT2D eigenvalue weighted by Gasteiger charge is -2.41. The van der Waals surface area contributed by atoms with Gasteiger partial charge in [0.05, 0.1) is 5.54 Å². The highest BCUT2D eigenvalue weighted by atomic mass is 19.3. The minimum Gasteiger partial charge on any atom is -0.309 e. The molecule has 2 unspecified atom stereocenters. The lowest BCUT2D eigenvalue weighted by Crippen LogP contribution is -2.53. The molecular weight excluding hydrogens is 184 g/mol. The smallest absolute Gasteiger partial charge is 0.256 e. The first-order chi connectivity index (χ1) is 6.52. The summed E-state index contributed by atoms with van der Waals surface area (Å²) in [4.78, 5) is 0. The van der Waals surface area contributed by atoms with Crippen molar-refractivity contribution in [3.63, 3.8) is 0 Å². The molecule has 1 nitrogen and oxygen atoms in total. The molecule has 1 aliphatic rings. The molecule has 1 saturated carbocycles. The van der Waals surface area contributed by atoms with Crippen LogP contribution in [-0.2, 0) is 0 Å². The highest BCUT2D eigenvalue weighted by molar-refractivity contribution is 4.95. The topological polar surface area (TPSA) is 12.0 Å². The van der Waals surface area contributed by atoms with Gasteiger partial charge in [-0.2, -0.15) is 0 Å². The Labute approximate surface area is 85.3 Å². The van der Waals surface area contributed by atoms with E-state index in [9.17, 15) is 8.78 Å². The molecule has 0 aromatic heterocycles. The molecule has 0 aromatic rings. The summed E-state index contributed by atoms with van der Waals surface area (Å²) in [6.45, 7) is 4.25. The van der Waals surface area contributed by atoms with E-state index >= 15 is 0 Å². The van der Waals surface area contributed by atoms with Crippen molar-refractivity contribution in [3.8, 4) is 0 Å². The third kappa shape index (κ3) is 2.25. The number of halogens is 2. The first-order valence-corrected chi connectivity index (χ1v) is 5.49. The van der Waals surface area contributed by atoms with E-state index in [-0.39, 0.29) is 0 Å². The molecule has 0 aliphatic heterocycles. The maximum atomic E-state index is 13.0. The van der Waals surface area contributed by atoms with Gasteiger partial charge in [-0.25, -0.2) is 8.78 Å². The summed E-state index contributed by atoms with van der Waals surface area (Å²) in [6, 6.07) is 0. The Morgan fingerprint density at radius 3 is 2.43 bits per heavy atom. The van der Waals surface area contributed by atoms with Crippen LogP contribution in [0.4, 0.5) is 8.78 Å². The molecule has 2 atom stereocenters. The Kier molecular flexibility index (Phi) is 3.87. The zero-order valence-electron chi connectivity index (χ0n) is 9.32. The van der Waals surface area contributed by atoms with E-state index in [1.54, 1.807) is 7.05 Å². The molecular formula is C11H21F2N. The number of alkyl halides is 2. The highest BCUT2D eigenvalue weighted by Gasteiger charge is 2.43. The summed E-state index contributed by atoms with van der Waals surface area (Å²) in [5, 5.41) is 2.85. The molecule has 0 aromatic carbocycles. The molecule has 14 heavy (non-hydrogen) atoms. The third-order valence-electron chi connectivity index (χ3n) is 3.68. The van der Waals surface area contributed by atoms with Crippen molar-refractivity contribution < 1.29 is 8.78 Å². The van der Waals surface area contributed by atoms with Crippen molar-refractivity contribution in [2.24, 2.45) is 11.8 Å². The molecule has 0 bridgehead atoms. The van der Waals surface area contributed by atoms with Crippen LogP contribution >= 0.6 is 0 Å². The van der Waals surface area contributed by atoms with E-state index in [2.05, 4.69) is 19.2 Å². The van der Waals surface area contributed by atoms with Gasteiger partial charge in [0, 0.05) is 0 Å². The molecule has 0 amide bonds. The monoisotopic (exact) mass is 205 g/mol. The number of hydrogen-bond donors (Lipinski definition) is 1. The molecule has 1 rings (SSSR count). The summed E-state index contributed by atoms with van der Waals surface area (Å²) in [5.41, 5.74) is -0.910. The Bertz CT molecular complexity index is 182. The average Bonchev–Trinajstić information content (AvgIpc) is 2.17. The molecule has 0 heterocycles. The second-order valence-corrected chi connectivity index (χ2v) is 4.81. The van der Waals surface area contributed by atoms with Gasteiger partial charge >= 0.3 is 0 Å². The van der Waals surface area contributed by atoms with Gasteiger partial charge < -0.3 is 5.32 Å². The van der Waals surface area contributed by atoms with Gasteiger partial charge in [-0.05, 0) is 31.7 Å². The SMILES string of the molecule is CNC1(C(F)F)CCCC(C(C)C)C1. The van der Waals surface area contributed by atoms with Crippen LogP contribution in [0.5, 0.6) is 0 Å². The van der Waals surface area contributed by atoms with E-state index in [0.29, 0.717) is 24.7 Å². The van der Waals surface area contributed by atoms with E-state index in [1.807, 2.05) is 0 Å². The van der Waals surface area contributed by atoms with Gasteiger partial charge in [0.25, 0.3) is 6.43 Å². The Balaban J connectivity index is 2.69. The normalized spacial score (nSPS) is 34.1. The van der Waals surface area contributed by atoms with E-state index in [4.69, 9.17) is 0 Å². The minimum absolute atomic E-state index is 0.449. The van der Waals surface area contributed by atoms with Gasteiger partial charge in [0.15, 0.2) is 0 Å². The van der Waals surface area contributed by atoms with Crippen molar-refractivity contribution in [2.75, 3.05) is 7.05 Å². The van der Waals surface area contributed by atoms with Gasteiger partial charge in [0.2, 0.25) is 0 Å². The third-order valence-corrected chi connectivity index (χ3v) is 3.68. The van der Waals surface area contributed by atoms with E-state index in [1.165, 1.54) is 0 Å². The second-order valence-electron chi connectivity index (χ2n) is 4.81. The Morgan fingerprint density at radius 1 is 1.36 bits per heavy atom. The zero-order chi connectivity index (χ0) is 10.8. The van der Waals surface area contributed by atoms with Crippen LogP contribution in [0.3, 0.4) is 0 Å². The molecule has 1 fully saturated rings. The largest absolute Gasteiger partial charge is 0.309 e. The highest BCUT2D eigenvalue weighted by Crippen LogP contribution is 2.39. The Hall–Kier alpha value is -0.180. The molecule has 1 N–H and O–H groups in total. The molecule has 84 valence electrons. The first-order valence-electron chi connectivity index (χ1n) is 5.49. The summed E-state index contributed by atoms with van der Waals surface area (Å²) in [5.74, 6) is 0.965. The van der Waals surface area contributed by atoms with E-state index in [0.717, 1.165) is 12.8 Å². The van der Waals surface area contributed by atoms with E-state index < -0.39 is 12.0 Å². The zero-order valence-corrected chi connectivity index (χ0v) is 9.32. The fourth-order valence-electron chi connectivity index (χ4n) is 2.46. The van der Waals surface area contributed by atoms with Gasteiger partial charge in [-0.15, -0.1) is 0 Å². The molecule has 0 saturated heterocycles.